The Labute approximate surface area is 164 Å². The Morgan fingerprint density at radius 3 is 2.70 bits per heavy atom. The van der Waals surface area contributed by atoms with Crippen LogP contribution in [0.15, 0.2) is 29.4 Å². The van der Waals surface area contributed by atoms with Crippen LogP contribution < -0.4 is 4.90 Å². The highest BCUT2D eigenvalue weighted by atomic mass is 32.2. The van der Waals surface area contributed by atoms with E-state index in [9.17, 15) is 4.79 Å². The van der Waals surface area contributed by atoms with Gasteiger partial charge in [0.25, 0.3) is 0 Å². The molecule has 27 heavy (non-hydrogen) atoms. The Morgan fingerprint density at radius 2 is 2.07 bits per heavy atom. The Kier molecular flexibility index (Phi) is 4.57. The SMILES string of the molecule is CSc1ccc2ncnc(N3CC(C(=O)OC(C)(C)C)C4(CCC4)C3)c2c1. The van der Waals surface area contributed by atoms with Gasteiger partial charge in [0.05, 0.1) is 11.4 Å². The van der Waals surface area contributed by atoms with Crippen molar-refractivity contribution in [3.05, 3.63) is 24.5 Å². The molecule has 2 fully saturated rings. The summed E-state index contributed by atoms with van der Waals surface area (Å²) in [5.74, 6) is 0.792. The van der Waals surface area contributed by atoms with E-state index in [1.54, 1.807) is 18.1 Å². The summed E-state index contributed by atoms with van der Waals surface area (Å²) in [5, 5.41) is 1.06. The zero-order chi connectivity index (χ0) is 19.2. The molecule has 1 aromatic heterocycles. The third-order valence-corrected chi connectivity index (χ3v) is 6.53. The van der Waals surface area contributed by atoms with E-state index < -0.39 is 5.60 Å². The third-order valence-electron chi connectivity index (χ3n) is 5.81. The molecule has 1 unspecified atom stereocenters. The number of fused-ring (bicyclic) bond motifs is 1. The maximum Gasteiger partial charge on any atom is 0.311 e. The molecule has 2 aliphatic rings. The molecule has 1 saturated heterocycles. The van der Waals surface area contributed by atoms with Gasteiger partial charge in [-0.3, -0.25) is 4.79 Å². The van der Waals surface area contributed by atoms with Gasteiger partial charge < -0.3 is 9.64 Å². The van der Waals surface area contributed by atoms with E-state index in [1.807, 2.05) is 26.8 Å². The Bertz CT molecular complexity index is 873. The summed E-state index contributed by atoms with van der Waals surface area (Å²) in [4.78, 5) is 25.4. The average Bonchev–Trinajstić information content (AvgIpc) is 3.00. The van der Waals surface area contributed by atoms with Gasteiger partial charge in [-0.25, -0.2) is 9.97 Å². The van der Waals surface area contributed by atoms with Crippen molar-refractivity contribution in [3.8, 4) is 0 Å². The molecular weight excluding hydrogens is 358 g/mol. The second-order valence-corrected chi connectivity index (χ2v) is 9.64. The number of anilines is 1. The number of rotatable bonds is 3. The monoisotopic (exact) mass is 385 g/mol. The lowest BCUT2D eigenvalue weighted by Crippen LogP contribution is -2.43. The second-order valence-electron chi connectivity index (χ2n) is 8.76. The molecule has 0 radical (unpaired) electrons. The first kappa shape index (κ1) is 18.5. The van der Waals surface area contributed by atoms with Gasteiger partial charge in [-0.2, -0.15) is 0 Å². The van der Waals surface area contributed by atoms with E-state index in [0.717, 1.165) is 36.1 Å². The molecule has 0 bridgehead atoms. The lowest BCUT2D eigenvalue weighted by Gasteiger charge is -2.42. The second kappa shape index (κ2) is 6.66. The summed E-state index contributed by atoms with van der Waals surface area (Å²) in [6, 6.07) is 6.29. The van der Waals surface area contributed by atoms with Gasteiger partial charge in [-0.1, -0.05) is 6.42 Å². The van der Waals surface area contributed by atoms with Crippen molar-refractivity contribution in [2.45, 2.75) is 50.5 Å². The van der Waals surface area contributed by atoms with Crippen molar-refractivity contribution in [2.75, 3.05) is 24.2 Å². The summed E-state index contributed by atoms with van der Waals surface area (Å²) >= 11 is 1.71. The van der Waals surface area contributed by atoms with Crippen LogP contribution in [0.1, 0.15) is 40.0 Å². The van der Waals surface area contributed by atoms with Gasteiger partial charge in [0.2, 0.25) is 0 Å². The van der Waals surface area contributed by atoms with E-state index in [1.165, 1.54) is 11.3 Å². The van der Waals surface area contributed by atoms with Crippen molar-refractivity contribution in [2.24, 2.45) is 11.3 Å². The molecule has 4 rings (SSSR count). The third kappa shape index (κ3) is 3.40. The maximum atomic E-state index is 12.9. The van der Waals surface area contributed by atoms with Gasteiger partial charge in [0, 0.05) is 28.8 Å². The first-order chi connectivity index (χ1) is 12.8. The number of hydrogen-bond donors (Lipinski definition) is 0. The van der Waals surface area contributed by atoms with Crippen LogP contribution in [0, 0.1) is 11.3 Å². The highest BCUT2D eigenvalue weighted by Crippen LogP contribution is 2.53. The molecule has 0 amide bonds. The molecule has 0 N–H and O–H groups in total. The molecule has 1 atom stereocenters. The summed E-state index contributed by atoms with van der Waals surface area (Å²) in [6.07, 6.45) is 7.07. The molecule has 1 saturated carbocycles. The van der Waals surface area contributed by atoms with Crippen LogP contribution in [0.2, 0.25) is 0 Å². The van der Waals surface area contributed by atoms with E-state index in [2.05, 4.69) is 33.3 Å². The number of aromatic nitrogens is 2. The molecule has 144 valence electrons. The molecular formula is C21H27N3O2S. The summed E-state index contributed by atoms with van der Waals surface area (Å²) < 4.78 is 5.76. The van der Waals surface area contributed by atoms with Crippen molar-refractivity contribution in [1.82, 2.24) is 9.97 Å². The Balaban J connectivity index is 1.68. The topological polar surface area (TPSA) is 55.3 Å². The largest absolute Gasteiger partial charge is 0.460 e. The predicted octanol–water partition coefficient (Wildman–Crippen LogP) is 4.30. The van der Waals surface area contributed by atoms with Crippen LogP contribution in [0.5, 0.6) is 0 Å². The van der Waals surface area contributed by atoms with Gasteiger partial charge >= 0.3 is 5.97 Å². The molecule has 6 heteroatoms. The predicted molar refractivity (Wildman–Crippen MR) is 109 cm³/mol. The number of benzene rings is 1. The van der Waals surface area contributed by atoms with Crippen molar-refractivity contribution < 1.29 is 9.53 Å². The molecule has 1 aromatic carbocycles. The van der Waals surface area contributed by atoms with Crippen molar-refractivity contribution >= 4 is 34.5 Å². The van der Waals surface area contributed by atoms with Gasteiger partial charge in [-0.15, -0.1) is 11.8 Å². The number of nitrogens with zero attached hydrogens (tertiary/aromatic N) is 3. The summed E-state index contributed by atoms with van der Waals surface area (Å²) in [6.45, 7) is 7.35. The van der Waals surface area contributed by atoms with Crippen LogP contribution >= 0.6 is 11.8 Å². The quantitative estimate of drug-likeness (QED) is 0.580. The summed E-state index contributed by atoms with van der Waals surface area (Å²) in [5.41, 5.74) is 0.530. The van der Waals surface area contributed by atoms with Crippen molar-refractivity contribution in [1.29, 1.82) is 0 Å². The van der Waals surface area contributed by atoms with Crippen LogP contribution in [0.4, 0.5) is 5.82 Å². The number of ether oxygens (including phenoxy) is 1. The fourth-order valence-corrected chi connectivity index (χ4v) is 4.81. The molecule has 1 aliphatic carbocycles. The van der Waals surface area contributed by atoms with Gasteiger partial charge in [0.15, 0.2) is 0 Å². The number of hydrogen-bond acceptors (Lipinski definition) is 6. The maximum absolute atomic E-state index is 12.9. The Morgan fingerprint density at radius 1 is 1.30 bits per heavy atom. The van der Waals surface area contributed by atoms with E-state index in [4.69, 9.17) is 4.74 Å². The molecule has 2 heterocycles. The minimum absolute atomic E-state index is 0.0384. The van der Waals surface area contributed by atoms with Crippen LogP contribution in [0.3, 0.4) is 0 Å². The molecule has 1 spiro atoms. The number of esters is 1. The van der Waals surface area contributed by atoms with E-state index in [-0.39, 0.29) is 17.3 Å². The minimum atomic E-state index is -0.454. The first-order valence-electron chi connectivity index (χ1n) is 9.58. The van der Waals surface area contributed by atoms with Crippen LogP contribution in [-0.4, -0.2) is 40.9 Å². The number of carbonyl (C=O) groups is 1. The normalized spacial score (nSPS) is 21.5. The van der Waals surface area contributed by atoms with Crippen LogP contribution in [0.25, 0.3) is 10.9 Å². The lowest BCUT2D eigenvalue weighted by molar-refractivity contribution is -0.165. The first-order valence-corrected chi connectivity index (χ1v) is 10.8. The van der Waals surface area contributed by atoms with E-state index in [0.29, 0.717) is 6.54 Å². The molecule has 2 aromatic rings. The van der Waals surface area contributed by atoms with Gasteiger partial charge in [-0.05, 0) is 58.1 Å². The number of thioether (sulfide) groups is 1. The zero-order valence-electron chi connectivity index (χ0n) is 16.5. The fourth-order valence-electron chi connectivity index (χ4n) is 4.37. The average molecular weight is 386 g/mol. The lowest BCUT2D eigenvalue weighted by atomic mass is 9.63. The van der Waals surface area contributed by atoms with Crippen molar-refractivity contribution in [3.63, 3.8) is 0 Å². The minimum Gasteiger partial charge on any atom is -0.460 e. The molecule has 5 nitrogen and oxygen atoms in total. The smallest absolute Gasteiger partial charge is 0.311 e. The van der Waals surface area contributed by atoms with Gasteiger partial charge in [0.1, 0.15) is 17.7 Å². The Hall–Kier alpha value is -1.82. The number of carbonyl (C=O) groups excluding carboxylic acids is 1. The van der Waals surface area contributed by atoms with E-state index >= 15 is 0 Å². The standard InChI is InChI=1S/C21H27N3O2S/c1-20(2,3)26-19(25)16-11-24(12-21(16)8-5-9-21)18-15-10-14(27-4)6-7-17(15)22-13-23-18/h6-7,10,13,16H,5,8-9,11-12H2,1-4H3. The highest BCUT2D eigenvalue weighted by molar-refractivity contribution is 7.98. The summed E-state index contributed by atoms with van der Waals surface area (Å²) in [7, 11) is 0. The zero-order valence-corrected chi connectivity index (χ0v) is 17.3. The molecule has 1 aliphatic heterocycles. The highest BCUT2D eigenvalue weighted by Gasteiger charge is 2.55. The fraction of sp³-hybridized carbons (Fsp3) is 0.571. The van der Waals surface area contributed by atoms with Crippen LogP contribution in [-0.2, 0) is 9.53 Å².